The predicted molar refractivity (Wildman–Crippen MR) is 73.8 cm³/mol. The lowest BCUT2D eigenvalue weighted by Crippen LogP contribution is -2.48. The van der Waals surface area contributed by atoms with Gasteiger partial charge in [-0.3, -0.25) is 4.21 Å². The van der Waals surface area contributed by atoms with E-state index in [4.69, 9.17) is 0 Å². The van der Waals surface area contributed by atoms with Crippen molar-refractivity contribution in [3.05, 3.63) is 0 Å². The maximum atomic E-state index is 11.1. The molecule has 4 heteroatoms. The first-order valence-electron chi connectivity index (χ1n) is 6.95. The molecule has 0 aromatic carbocycles. The molecule has 0 bridgehead atoms. The molecule has 2 saturated heterocycles. The first-order valence-corrected chi connectivity index (χ1v) is 8.68. The van der Waals surface area contributed by atoms with E-state index in [9.17, 15) is 4.21 Å². The van der Waals surface area contributed by atoms with Crippen molar-refractivity contribution >= 4 is 10.8 Å². The normalized spacial score (nSPS) is 33.3. The molecule has 2 heterocycles. The maximum Gasteiger partial charge on any atom is 0.0246 e. The SMILES string of the molecule is CC(CCS(C)=O)NC1CCN2CCCC2C1. The van der Waals surface area contributed by atoms with Gasteiger partial charge in [-0.15, -0.1) is 0 Å². The van der Waals surface area contributed by atoms with Crippen LogP contribution < -0.4 is 5.32 Å². The minimum atomic E-state index is -0.645. The van der Waals surface area contributed by atoms with Gasteiger partial charge in [-0.2, -0.15) is 0 Å². The van der Waals surface area contributed by atoms with Crippen LogP contribution in [0.3, 0.4) is 0 Å². The van der Waals surface area contributed by atoms with Crippen molar-refractivity contribution < 1.29 is 4.21 Å². The number of piperidine rings is 1. The molecule has 3 nitrogen and oxygen atoms in total. The van der Waals surface area contributed by atoms with Crippen molar-refractivity contribution in [2.24, 2.45) is 0 Å². The lowest BCUT2D eigenvalue weighted by atomic mass is 9.97. The van der Waals surface area contributed by atoms with Crippen molar-refractivity contribution in [3.63, 3.8) is 0 Å². The summed E-state index contributed by atoms with van der Waals surface area (Å²) >= 11 is 0. The first kappa shape index (κ1) is 13.5. The van der Waals surface area contributed by atoms with Gasteiger partial charge in [0.15, 0.2) is 0 Å². The highest BCUT2D eigenvalue weighted by Gasteiger charge is 2.31. The van der Waals surface area contributed by atoms with Gasteiger partial charge in [-0.25, -0.2) is 0 Å². The van der Waals surface area contributed by atoms with Gasteiger partial charge in [0.25, 0.3) is 0 Å². The predicted octanol–water partition coefficient (Wildman–Crippen LogP) is 1.36. The molecule has 1 N–H and O–H groups in total. The Morgan fingerprint density at radius 3 is 3.00 bits per heavy atom. The Bertz CT molecular complexity index is 272. The Morgan fingerprint density at radius 1 is 1.41 bits per heavy atom. The molecule has 0 aliphatic carbocycles. The van der Waals surface area contributed by atoms with Gasteiger partial charge in [0.05, 0.1) is 0 Å². The molecule has 0 saturated carbocycles. The van der Waals surface area contributed by atoms with E-state index in [0.29, 0.717) is 12.1 Å². The van der Waals surface area contributed by atoms with Crippen LogP contribution in [0.25, 0.3) is 0 Å². The van der Waals surface area contributed by atoms with Gasteiger partial charge in [0, 0.05) is 40.9 Å². The summed E-state index contributed by atoms with van der Waals surface area (Å²) in [5, 5.41) is 3.73. The lowest BCUT2D eigenvalue weighted by Gasteiger charge is -2.36. The molecule has 0 amide bonds. The Labute approximate surface area is 108 Å². The van der Waals surface area contributed by atoms with Crippen LogP contribution in [0, 0.1) is 0 Å². The molecule has 17 heavy (non-hydrogen) atoms. The quantitative estimate of drug-likeness (QED) is 0.808. The molecule has 2 aliphatic heterocycles. The summed E-state index contributed by atoms with van der Waals surface area (Å²) in [6, 6.07) is 2.04. The van der Waals surface area contributed by atoms with E-state index >= 15 is 0 Å². The first-order chi connectivity index (χ1) is 8.15. The number of fused-ring (bicyclic) bond motifs is 1. The number of nitrogens with zero attached hydrogens (tertiary/aromatic N) is 1. The standard InChI is InChI=1S/C13H26N2OS/c1-11(6-9-17(2)16)14-12-5-8-15-7-3-4-13(15)10-12/h11-14H,3-10H2,1-2H3. The fraction of sp³-hybridized carbons (Fsp3) is 1.00. The summed E-state index contributed by atoms with van der Waals surface area (Å²) in [5.74, 6) is 0.830. The fourth-order valence-electron chi connectivity index (χ4n) is 3.20. The highest BCUT2D eigenvalue weighted by atomic mass is 32.2. The van der Waals surface area contributed by atoms with Gasteiger partial charge in [-0.1, -0.05) is 0 Å². The van der Waals surface area contributed by atoms with Gasteiger partial charge in [-0.05, 0) is 52.1 Å². The van der Waals surface area contributed by atoms with Crippen LogP contribution in [0.2, 0.25) is 0 Å². The molecule has 0 radical (unpaired) electrons. The van der Waals surface area contributed by atoms with Crippen LogP contribution in [-0.4, -0.2) is 52.3 Å². The van der Waals surface area contributed by atoms with Gasteiger partial charge in [0.2, 0.25) is 0 Å². The zero-order valence-electron chi connectivity index (χ0n) is 11.2. The maximum absolute atomic E-state index is 11.1. The van der Waals surface area contributed by atoms with Crippen LogP contribution in [0.5, 0.6) is 0 Å². The summed E-state index contributed by atoms with van der Waals surface area (Å²) in [7, 11) is -0.645. The molecule has 100 valence electrons. The molecule has 0 aromatic heterocycles. The van der Waals surface area contributed by atoms with Gasteiger partial charge < -0.3 is 10.2 Å². The average molecular weight is 258 g/mol. The van der Waals surface area contributed by atoms with Crippen molar-refractivity contribution in [1.82, 2.24) is 10.2 Å². The Balaban J connectivity index is 1.70. The molecule has 4 unspecified atom stereocenters. The van der Waals surface area contributed by atoms with Gasteiger partial charge >= 0.3 is 0 Å². The topological polar surface area (TPSA) is 32.3 Å². The molecule has 0 spiro atoms. The van der Waals surface area contributed by atoms with E-state index in [1.807, 2.05) is 0 Å². The van der Waals surface area contributed by atoms with E-state index in [1.165, 1.54) is 38.8 Å². The largest absolute Gasteiger partial charge is 0.311 e. The summed E-state index contributed by atoms with van der Waals surface area (Å²) in [6.07, 6.45) is 8.22. The smallest absolute Gasteiger partial charge is 0.0246 e. The van der Waals surface area contributed by atoms with E-state index < -0.39 is 10.8 Å². The van der Waals surface area contributed by atoms with E-state index in [1.54, 1.807) is 6.26 Å². The minimum Gasteiger partial charge on any atom is -0.311 e. The number of nitrogens with one attached hydrogen (secondary N) is 1. The van der Waals surface area contributed by atoms with Crippen LogP contribution in [-0.2, 0) is 10.8 Å². The second-order valence-corrected chi connectivity index (χ2v) is 7.24. The summed E-state index contributed by atoms with van der Waals surface area (Å²) in [5.41, 5.74) is 0. The number of rotatable bonds is 5. The monoisotopic (exact) mass is 258 g/mol. The summed E-state index contributed by atoms with van der Waals surface area (Å²) in [6.45, 7) is 4.82. The average Bonchev–Trinajstić information content (AvgIpc) is 2.73. The van der Waals surface area contributed by atoms with Crippen molar-refractivity contribution in [3.8, 4) is 0 Å². The lowest BCUT2D eigenvalue weighted by molar-refractivity contribution is 0.161. The second-order valence-electron chi connectivity index (χ2n) is 5.69. The third-order valence-electron chi connectivity index (χ3n) is 4.18. The minimum absolute atomic E-state index is 0.511. The van der Waals surface area contributed by atoms with Gasteiger partial charge in [0.1, 0.15) is 0 Å². The van der Waals surface area contributed by atoms with Crippen LogP contribution >= 0.6 is 0 Å². The molecule has 2 aliphatic rings. The zero-order chi connectivity index (χ0) is 12.3. The summed E-state index contributed by atoms with van der Waals surface area (Å²) in [4.78, 5) is 2.66. The van der Waals surface area contributed by atoms with E-state index in [-0.39, 0.29) is 0 Å². The number of hydrogen-bond donors (Lipinski definition) is 1. The fourth-order valence-corrected chi connectivity index (χ4v) is 3.89. The molecular formula is C13H26N2OS. The third kappa shape index (κ3) is 4.04. The molecule has 4 atom stereocenters. The van der Waals surface area contributed by atoms with Crippen molar-refractivity contribution in [1.29, 1.82) is 0 Å². The van der Waals surface area contributed by atoms with E-state index in [0.717, 1.165) is 18.2 Å². The van der Waals surface area contributed by atoms with E-state index in [2.05, 4.69) is 17.1 Å². The molecule has 0 aromatic rings. The number of hydrogen-bond acceptors (Lipinski definition) is 3. The highest BCUT2D eigenvalue weighted by molar-refractivity contribution is 7.84. The zero-order valence-corrected chi connectivity index (χ0v) is 12.0. The third-order valence-corrected chi connectivity index (χ3v) is 4.99. The second kappa shape index (κ2) is 6.30. The van der Waals surface area contributed by atoms with Crippen molar-refractivity contribution in [2.45, 2.75) is 57.2 Å². The molecule has 2 rings (SSSR count). The van der Waals surface area contributed by atoms with Crippen LogP contribution in [0.4, 0.5) is 0 Å². The van der Waals surface area contributed by atoms with Crippen molar-refractivity contribution in [2.75, 3.05) is 25.1 Å². The van der Waals surface area contributed by atoms with Crippen LogP contribution in [0.1, 0.15) is 39.0 Å². The summed E-state index contributed by atoms with van der Waals surface area (Å²) < 4.78 is 11.1. The Morgan fingerprint density at radius 2 is 2.24 bits per heavy atom. The van der Waals surface area contributed by atoms with Crippen LogP contribution in [0.15, 0.2) is 0 Å². The highest BCUT2D eigenvalue weighted by Crippen LogP contribution is 2.27. The molecular weight excluding hydrogens is 232 g/mol. The Kier molecular flexibility index (Phi) is 5.00. The molecule has 2 fully saturated rings. The Hall–Kier alpha value is 0.0700.